The Morgan fingerprint density at radius 2 is 0.282 bits per heavy atom. The Bertz CT molecular complexity index is 7870. The number of hydrogen-bond acceptors (Lipinski definition) is 0. The van der Waals surface area contributed by atoms with Crippen molar-refractivity contribution in [2.24, 2.45) is 0 Å². The second kappa shape index (κ2) is 31.1. The molecule has 4 aromatic heterocycles. The second-order valence-electron chi connectivity index (χ2n) is 32.2. The van der Waals surface area contributed by atoms with Crippen molar-refractivity contribution in [3.63, 3.8) is 0 Å². The first-order valence-corrected chi connectivity index (χ1v) is 42.7. The van der Waals surface area contributed by atoms with Gasteiger partial charge in [-0.05, 0) is 220 Å². The fraction of sp³-hybridized carbons (Fsp3) is 0. The van der Waals surface area contributed by atoms with E-state index in [-0.39, 0.29) is 0 Å². The van der Waals surface area contributed by atoms with E-state index in [2.05, 4.69) is 504 Å². The SMILES string of the molecule is c1ccc(-c2ccc(-c3cccc(-n4c5ccccc5c5c(-c6cccc7c6c6ccccc6n7-c6cccc(-c7ccc(-c8ccccc8)cc7)c6)cccc54)c3)cc2)cc1.c1ccc(-c2cccc(-c3cccc(-n4c5ccccc5c5c(-c6cccc7c6c6ccccc6n7-c6cc(-c7ccccc7)cc(-c7ccccc7)c6)cccc54)c3)c2)cc1. The van der Waals surface area contributed by atoms with E-state index < -0.39 is 0 Å². The van der Waals surface area contributed by atoms with Crippen LogP contribution in [0.5, 0.6) is 0 Å². The molecule has 0 saturated carbocycles. The number of para-hydroxylation sites is 4. The van der Waals surface area contributed by atoms with Crippen LogP contribution in [0, 0.1) is 0 Å². The zero-order valence-corrected chi connectivity index (χ0v) is 68.0. The molecule has 24 rings (SSSR count). The standard InChI is InChI=1S/2C60H40N2/c1-4-18-41(19-5-1)44-24-14-25-45(36-44)46-26-15-27-49(38-46)61-55-32-12-10-28-53(55)59-51(30-16-34-57(59)61)52-31-17-35-58-60(52)54-29-11-13-33-56(54)62(58)50-39-47(42-20-6-2-7-21-42)37-48(40-50)43-22-8-3-9-23-43;1-3-15-41(16-4-1)43-31-35-45(36-32-43)47-19-11-21-49(39-47)61-55-27-9-7-23-53(55)59-51(25-13-29-57(59)61)52-26-14-30-58-60(52)54-24-8-10-28-56(54)62(58)50-22-12-20-48(40-50)46-37-33-44(34-38-46)42-17-5-2-6-18-42/h2*1-40H. The Hall–Kier alpha value is -16.4. The molecule has 0 aliphatic heterocycles. The molecule has 0 N–H and O–H groups in total. The molecule has 0 unspecified atom stereocenters. The number of rotatable bonds is 14. The highest BCUT2D eigenvalue weighted by molar-refractivity contribution is 6.24. The number of nitrogens with zero attached hydrogens (tertiary/aromatic N) is 4. The molecule has 24 aromatic rings. The van der Waals surface area contributed by atoms with Crippen molar-refractivity contribution < 1.29 is 0 Å². The van der Waals surface area contributed by atoms with Crippen LogP contribution in [0.3, 0.4) is 0 Å². The van der Waals surface area contributed by atoms with Gasteiger partial charge in [0, 0.05) is 65.8 Å². The molecule has 0 radical (unpaired) electrons. The minimum atomic E-state index is 1.14. The molecule has 0 spiro atoms. The lowest BCUT2D eigenvalue weighted by Gasteiger charge is -2.14. The monoisotopic (exact) mass is 1580 g/mol. The molecule has 20 aromatic carbocycles. The van der Waals surface area contributed by atoms with Crippen molar-refractivity contribution in [3.05, 3.63) is 485 Å². The molecule has 0 saturated heterocycles. The van der Waals surface area contributed by atoms with Crippen molar-refractivity contribution in [1.82, 2.24) is 18.3 Å². The summed E-state index contributed by atoms with van der Waals surface area (Å²) >= 11 is 0. The van der Waals surface area contributed by atoms with Crippen LogP contribution in [0.4, 0.5) is 0 Å². The highest BCUT2D eigenvalue weighted by Gasteiger charge is 2.25. The number of benzene rings is 20. The topological polar surface area (TPSA) is 19.7 Å². The summed E-state index contributed by atoms with van der Waals surface area (Å²) < 4.78 is 9.80. The van der Waals surface area contributed by atoms with E-state index in [1.165, 1.54) is 198 Å². The van der Waals surface area contributed by atoms with Crippen LogP contribution >= 0.6 is 0 Å². The van der Waals surface area contributed by atoms with Gasteiger partial charge in [-0.2, -0.15) is 0 Å². The quantitative estimate of drug-likeness (QED) is 0.103. The van der Waals surface area contributed by atoms with Gasteiger partial charge in [-0.1, -0.05) is 376 Å². The number of fused-ring (bicyclic) bond motifs is 12. The molecule has 0 fully saturated rings. The highest BCUT2D eigenvalue weighted by Crippen LogP contribution is 2.48. The molecular weight excluding hydrogens is 1500 g/mol. The van der Waals surface area contributed by atoms with Crippen LogP contribution < -0.4 is 0 Å². The van der Waals surface area contributed by atoms with Crippen LogP contribution in [-0.4, -0.2) is 18.3 Å². The van der Waals surface area contributed by atoms with Crippen molar-refractivity contribution in [3.8, 4) is 134 Å². The average molecular weight is 1580 g/mol. The third kappa shape index (κ3) is 12.9. The first-order valence-electron chi connectivity index (χ1n) is 42.7. The van der Waals surface area contributed by atoms with Crippen LogP contribution in [-0.2, 0) is 0 Å². The van der Waals surface area contributed by atoms with Gasteiger partial charge in [-0.15, -0.1) is 0 Å². The smallest absolute Gasteiger partial charge is 0.0547 e. The van der Waals surface area contributed by atoms with Gasteiger partial charge in [0.15, 0.2) is 0 Å². The Morgan fingerprint density at radius 1 is 0.105 bits per heavy atom. The maximum absolute atomic E-state index is 2.47. The van der Waals surface area contributed by atoms with Gasteiger partial charge in [0.1, 0.15) is 0 Å². The van der Waals surface area contributed by atoms with Crippen molar-refractivity contribution in [2.45, 2.75) is 0 Å². The summed E-state index contributed by atoms with van der Waals surface area (Å²) in [6.45, 7) is 0. The molecule has 0 aliphatic carbocycles. The van der Waals surface area contributed by atoms with E-state index in [9.17, 15) is 0 Å². The van der Waals surface area contributed by atoms with E-state index in [0.717, 1.165) is 22.7 Å². The number of aromatic nitrogens is 4. The zero-order chi connectivity index (χ0) is 82.0. The molecule has 0 bridgehead atoms. The van der Waals surface area contributed by atoms with E-state index in [0.29, 0.717) is 0 Å². The summed E-state index contributed by atoms with van der Waals surface area (Å²) in [6, 6.07) is 177. The third-order valence-corrected chi connectivity index (χ3v) is 25.0. The van der Waals surface area contributed by atoms with E-state index in [1.54, 1.807) is 0 Å². The predicted molar refractivity (Wildman–Crippen MR) is 525 cm³/mol. The molecule has 0 aliphatic rings. The van der Waals surface area contributed by atoms with Gasteiger partial charge in [0.25, 0.3) is 0 Å². The van der Waals surface area contributed by atoms with Gasteiger partial charge in [0.05, 0.1) is 44.1 Å². The summed E-state index contributed by atoms with van der Waals surface area (Å²) in [5.41, 5.74) is 38.2. The molecule has 4 nitrogen and oxygen atoms in total. The lowest BCUT2D eigenvalue weighted by Crippen LogP contribution is -1.96. The fourth-order valence-corrected chi connectivity index (χ4v) is 19.4. The summed E-state index contributed by atoms with van der Waals surface area (Å²) in [7, 11) is 0. The third-order valence-electron chi connectivity index (χ3n) is 25.0. The molecule has 124 heavy (non-hydrogen) atoms. The minimum Gasteiger partial charge on any atom is -0.309 e. The lowest BCUT2D eigenvalue weighted by molar-refractivity contribution is 1.18. The molecule has 0 atom stereocenters. The summed E-state index contributed by atoms with van der Waals surface area (Å²) in [4.78, 5) is 0. The molecule has 4 heteroatoms. The molecule has 580 valence electrons. The normalized spacial score (nSPS) is 11.5. The van der Waals surface area contributed by atoms with E-state index >= 15 is 0 Å². The highest BCUT2D eigenvalue weighted by atomic mass is 15.0. The maximum atomic E-state index is 2.47. The van der Waals surface area contributed by atoms with Crippen LogP contribution in [0.2, 0.25) is 0 Å². The Kier molecular flexibility index (Phi) is 18.2. The van der Waals surface area contributed by atoms with Gasteiger partial charge in [0.2, 0.25) is 0 Å². The van der Waals surface area contributed by atoms with Crippen molar-refractivity contribution in [2.75, 3.05) is 0 Å². The first-order chi connectivity index (χ1) is 61.5. The van der Waals surface area contributed by atoms with Crippen LogP contribution in [0.25, 0.3) is 221 Å². The van der Waals surface area contributed by atoms with Gasteiger partial charge in [-0.3, -0.25) is 0 Å². The summed E-state index contributed by atoms with van der Waals surface area (Å²) in [6.07, 6.45) is 0. The Labute approximate surface area is 719 Å². The van der Waals surface area contributed by atoms with Crippen molar-refractivity contribution in [1.29, 1.82) is 0 Å². The van der Waals surface area contributed by atoms with Crippen molar-refractivity contribution >= 4 is 87.2 Å². The Balaban J connectivity index is 0.000000143. The predicted octanol–water partition coefficient (Wildman–Crippen LogP) is 32.4. The maximum Gasteiger partial charge on any atom is 0.0547 e. The summed E-state index contributed by atoms with van der Waals surface area (Å²) in [5, 5.41) is 9.95. The zero-order valence-electron chi connectivity index (χ0n) is 68.0. The second-order valence-corrected chi connectivity index (χ2v) is 32.2. The van der Waals surface area contributed by atoms with E-state index in [4.69, 9.17) is 0 Å². The largest absolute Gasteiger partial charge is 0.309 e. The lowest BCUT2D eigenvalue weighted by atomic mass is 9.95. The van der Waals surface area contributed by atoms with E-state index in [1.807, 2.05) is 0 Å². The molecule has 4 heterocycles. The van der Waals surface area contributed by atoms with Crippen LogP contribution in [0.1, 0.15) is 0 Å². The van der Waals surface area contributed by atoms with Crippen LogP contribution in [0.15, 0.2) is 485 Å². The molecular formula is C120H80N4. The van der Waals surface area contributed by atoms with Gasteiger partial charge in [-0.25, -0.2) is 0 Å². The average Bonchev–Trinajstić information content (AvgIpc) is 1.56. The Morgan fingerprint density at radius 3 is 0.589 bits per heavy atom. The first kappa shape index (κ1) is 72.8. The summed E-state index contributed by atoms with van der Waals surface area (Å²) in [5.74, 6) is 0. The van der Waals surface area contributed by atoms with Gasteiger partial charge >= 0.3 is 0 Å². The van der Waals surface area contributed by atoms with Gasteiger partial charge < -0.3 is 18.3 Å². The fourth-order valence-electron chi connectivity index (χ4n) is 19.4. The minimum absolute atomic E-state index is 1.14. The number of hydrogen-bond donors (Lipinski definition) is 0. The molecule has 0 amide bonds.